The highest BCUT2D eigenvalue weighted by atomic mass is 32.2. The summed E-state index contributed by atoms with van der Waals surface area (Å²) in [5, 5.41) is 4.91. The number of ether oxygens (including phenoxy) is 1. The van der Waals surface area contributed by atoms with Crippen molar-refractivity contribution in [3.8, 4) is 5.75 Å². The van der Waals surface area contributed by atoms with Gasteiger partial charge in [0.05, 0.1) is 12.0 Å². The lowest BCUT2D eigenvalue weighted by Gasteiger charge is -2.38. The fraction of sp³-hybridized carbons (Fsp3) is 0.360. The van der Waals surface area contributed by atoms with E-state index in [9.17, 15) is 13.2 Å². The number of sulfonamides is 1. The zero-order chi connectivity index (χ0) is 26.0. The molecule has 196 valence electrons. The molecule has 5 rings (SSSR count). The molecule has 0 aliphatic carbocycles. The predicted molar refractivity (Wildman–Crippen MR) is 145 cm³/mol. The first-order valence-electron chi connectivity index (χ1n) is 12.0. The van der Waals surface area contributed by atoms with Gasteiger partial charge in [0.1, 0.15) is 5.75 Å². The number of likely N-dealkylation sites (N-methyl/N-ethyl adjacent to an activating group) is 1. The first-order chi connectivity index (χ1) is 17.8. The number of rotatable bonds is 6. The summed E-state index contributed by atoms with van der Waals surface area (Å²) in [5.74, 6) is 0.857. The number of thiazole rings is 1. The van der Waals surface area contributed by atoms with Gasteiger partial charge < -0.3 is 24.8 Å². The standard InChI is InChI=1S/C25H30N6O4S2/c1-29-12-14-30(15-13-29)22-7-8-23(35-2)20-9-11-31(17-21(20)22)25(32)27-18-3-5-19(6-4-18)37(33,34)28-24-26-10-16-36-24/h3-8,10,16H,9,11-15,17H2,1-2H3,(H,26,28)(H,27,32). The third kappa shape index (κ3) is 5.50. The largest absolute Gasteiger partial charge is 0.496 e. The van der Waals surface area contributed by atoms with Gasteiger partial charge in [0, 0.05) is 73.3 Å². The lowest BCUT2D eigenvalue weighted by atomic mass is 9.96. The number of hydrogen-bond acceptors (Lipinski definition) is 8. The second kappa shape index (κ2) is 10.6. The first kappa shape index (κ1) is 25.3. The quantitative estimate of drug-likeness (QED) is 0.492. The Morgan fingerprint density at radius 1 is 1.03 bits per heavy atom. The van der Waals surface area contributed by atoms with Crippen molar-refractivity contribution < 1.29 is 17.9 Å². The minimum absolute atomic E-state index is 0.0940. The molecule has 2 N–H and O–H groups in total. The number of urea groups is 1. The number of fused-ring (bicyclic) bond motifs is 1. The average molecular weight is 543 g/mol. The van der Waals surface area contributed by atoms with Crippen LogP contribution in [0.2, 0.25) is 0 Å². The van der Waals surface area contributed by atoms with E-state index in [2.05, 4.69) is 37.9 Å². The molecule has 12 heteroatoms. The number of amides is 2. The summed E-state index contributed by atoms with van der Waals surface area (Å²) < 4.78 is 33.2. The van der Waals surface area contributed by atoms with E-state index in [0.29, 0.717) is 30.3 Å². The molecule has 3 aromatic rings. The lowest BCUT2D eigenvalue weighted by molar-refractivity contribution is 0.206. The zero-order valence-corrected chi connectivity index (χ0v) is 22.4. The molecule has 2 aromatic carbocycles. The van der Waals surface area contributed by atoms with Gasteiger partial charge in [-0.15, -0.1) is 11.3 Å². The van der Waals surface area contributed by atoms with Crippen LogP contribution in [0.25, 0.3) is 0 Å². The van der Waals surface area contributed by atoms with Gasteiger partial charge in [-0.25, -0.2) is 18.2 Å². The lowest BCUT2D eigenvalue weighted by Crippen LogP contribution is -2.46. The van der Waals surface area contributed by atoms with E-state index in [1.165, 1.54) is 29.7 Å². The summed E-state index contributed by atoms with van der Waals surface area (Å²) in [5.41, 5.74) is 3.96. The molecule has 2 aliphatic heterocycles. The minimum Gasteiger partial charge on any atom is -0.496 e. The molecule has 10 nitrogen and oxygen atoms in total. The van der Waals surface area contributed by atoms with Crippen LogP contribution in [0.15, 0.2) is 52.9 Å². The van der Waals surface area contributed by atoms with Gasteiger partial charge in [0.25, 0.3) is 10.0 Å². The van der Waals surface area contributed by atoms with E-state index in [0.717, 1.165) is 48.7 Å². The summed E-state index contributed by atoms with van der Waals surface area (Å²) in [7, 11) is 0.0596. The second-order valence-electron chi connectivity index (χ2n) is 9.10. The van der Waals surface area contributed by atoms with Crippen LogP contribution in [-0.4, -0.2) is 76.1 Å². The molecule has 0 atom stereocenters. The Bertz CT molecular complexity index is 1350. The number of carbonyl (C=O) groups excluding carboxylic acids is 1. The molecular formula is C25H30N6O4S2. The molecule has 1 saturated heterocycles. The number of nitrogens with zero attached hydrogens (tertiary/aromatic N) is 4. The molecular weight excluding hydrogens is 512 g/mol. The van der Waals surface area contributed by atoms with Crippen LogP contribution in [0.5, 0.6) is 5.75 Å². The Morgan fingerprint density at radius 2 is 1.78 bits per heavy atom. The van der Waals surface area contributed by atoms with E-state index in [1.54, 1.807) is 29.5 Å². The molecule has 0 radical (unpaired) electrons. The van der Waals surface area contributed by atoms with Gasteiger partial charge >= 0.3 is 6.03 Å². The van der Waals surface area contributed by atoms with Crippen LogP contribution in [0.3, 0.4) is 0 Å². The molecule has 1 aromatic heterocycles. The number of hydrogen-bond donors (Lipinski definition) is 2. The Morgan fingerprint density at radius 3 is 2.46 bits per heavy atom. The topological polar surface area (TPSA) is 107 Å². The number of nitrogens with one attached hydrogen (secondary N) is 2. The number of methoxy groups -OCH3 is 1. The number of carbonyl (C=O) groups is 1. The van der Waals surface area contributed by atoms with Crippen LogP contribution < -0.4 is 19.7 Å². The Hall–Kier alpha value is -3.35. The first-order valence-corrected chi connectivity index (χ1v) is 14.4. The van der Waals surface area contributed by atoms with Gasteiger partial charge in [-0.05, 0) is 49.9 Å². The number of anilines is 3. The summed E-state index contributed by atoms with van der Waals surface area (Å²) in [4.78, 5) is 23.7. The van der Waals surface area contributed by atoms with Crippen molar-refractivity contribution in [1.82, 2.24) is 14.8 Å². The molecule has 0 saturated carbocycles. The number of piperazine rings is 1. The van der Waals surface area contributed by atoms with Gasteiger partial charge in [-0.1, -0.05) is 0 Å². The molecule has 2 aliphatic rings. The van der Waals surface area contributed by atoms with E-state index in [-0.39, 0.29) is 10.9 Å². The van der Waals surface area contributed by atoms with Crippen molar-refractivity contribution in [2.75, 3.05) is 61.8 Å². The van der Waals surface area contributed by atoms with E-state index < -0.39 is 10.0 Å². The van der Waals surface area contributed by atoms with Crippen molar-refractivity contribution >= 4 is 43.9 Å². The fourth-order valence-corrected chi connectivity index (χ4v) is 6.49. The van der Waals surface area contributed by atoms with Crippen molar-refractivity contribution in [3.63, 3.8) is 0 Å². The van der Waals surface area contributed by atoms with Crippen molar-refractivity contribution in [1.29, 1.82) is 0 Å². The number of aromatic nitrogens is 1. The van der Waals surface area contributed by atoms with Gasteiger partial charge in [-0.3, -0.25) is 4.72 Å². The maximum absolute atomic E-state index is 13.2. The van der Waals surface area contributed by atoms with Crippen molar-refractivity contribution in [3.05, 3.63) is 59.1 Å². The second-order valence-corrected chi connectivity index (χ2v) is 11.7. The van der Waals surface area contributed by atoms with Crippen LogP contribution in [0, 0.1) is 0 Å². The van der Waals surface area contributed by atoms with Crippen LogP contribution in [-0.2, 0) is 23.0 Å². The van der Waals surface area contributed by atoms with Crippen LogP contribution in [0.4, 0.5) is 21.3 Å². The maximum Gasteiger partial charge on any atom is 0.322 e. The molecule has 0 unspecified atom stereocenters. The van der Waals surface area contributed by atoms with E-state index in [1.807, 2.05) is 6.07 Å². The van der Waals surface area contributed by atoms with Gasteiger partial charge in [0.15, 0.2) is 5.13 Å². The highest BCUT2D eigenvalue weighted by Crippen LogP contribution is 2.36. The fourth-order valence-electron chi connectivity index (χ4n) is 4.70. The normalized spacial score (nSPS) is 16.3. The zero-order valence-electron chi connectivity index (χ0n) is 20.8. The molecule has 3 heterocycles. The molecule has 1 fully saturated rings. The maximum atomic E-state index is 13.2. The van der Waals surface area contributed by atoms with Crippen molar-refractivity contribution in [2.45, 2.75) is 17.9 Å². The minimum atomic E-state index is -3.75. The SMILES string of the molecule is COc1ccc(N2CCN(C)CC2)c2c1CCN(C(=O)Nc1ccc(S(=O)(=O)Nc3nccs3)cc1)C2. The van der Waals surface area contributed by atoms with Gasteiger partial charge in [-0.2, -0.15) is 0 Å². The Kier molecular flexibility index (Phi) is 7.22. The Labute approximate surface area is 220 Å². The average Bonchev–Trinajstić information content (AvgIpc) is 3.41. The van der Waals surface area contributed by atoms with Crippen LogP contribution in [0.1, 0.15) is 11.1 Å². The molecule has 0 bridgehead atoms. The monoisotopic (exact) mass is 542 g/mol. The highest BCUT2D eigenvalue weighted by Gasteiger charge is 2.28. The highest BCUT2D eigenvalue weighted by molar-refractivity contribution is 7.93. The smallest absolute Gasteiger partial charge is 0.322 e. The summed E-state index contributed by atoms with van der Waals surface area (Å²) in [6.45, 7) is 4.91. The Balaban J connectivity index is 1.29. The third-order valence-corrected chi connectivity index (χ3v) is 8.94. The van der Waals surface area contributed by atoms with Crippen LogP contribution >= 0.6 is 11.3 Å². The number of benzene rings is 2. The van der Waals surface area contributed by atoms with E-state index >= 15 is 0 Å². The molecule has 0 spiro atoms. The molecule has 2 amide bonds. The van der Waals surface area contributed by atoms with E-state index in [4.69, 9.17) is 4.74 Å². The summed E-state index contributed by atoms with van der Waals surface area (Å²) in [6, 6.07) is 10.0. The van der Waals surface area contributed by atoms with Crippen molar-refractivity contribution in [2.24, 2.45) is 0 Å². The third-order valence-electron chi connectivity index (χ3n) is 6.77. The van der Waals surface area contributed by atoms with Gasteiger partial charge in [0.2, 0.25) is 0 Å². The summed E-state index contributed by atoms with van der Waals surface area (Å²) in [6.07, 6.45) is 2.23. The molecule has 37 heavy (non-hydrogen) atoms. The summed E-state index contributed by atoms with van der Waals surface area (Å²) >= 11 is 1.20. The predicted octanol–water partition coefficient (Wildman–Crippen LogP) is 3.29.